The number of ether oxygens (including phenoxy) is 1. The van der Waals surface area contributed by atoms with E-state index < -0.39 is 16.7 Å². The highest BCUT2D eigenvalue weighted by molar-refractivity contribution is 5.68. The normalized spacial score (nSPS) is 31.1. The summed E-state index contributed by atoms with van der Waals surface area (Å²) in [5.74, 6) is 0. The Kier molecular flexibility index (Phi) is 4.29. The molecule has 128 valence electrons. The molecular formula is C17H32N2O3. The van der Waals surface area contributed by atoms with Gasteiger partial charge >= 0.3 is 6.09 Å². The van der Waals surface area contributed by atoms with Crippen molar-refractivity contribution in [2.45, 2.75) is 83.5 Å². The Morgan fingerprint density at radius 3 is 2.18 bits per heavy atom. The maximum absolute atomic E-state index is 12.2. The molecule has 1 amide bonds. The monoisotopic (exact) mass is 312 g/mol. The minimum Gasteiger partial charge on any atom is -0.444 e. The van der Waals surface area contributed by atoms with Gasteiger partial charge in [0.05, 0.1) is 6.54 Å². The van der Waals surface area contributed by atoms with Crippen molar-refractivity contribution in [3.05, 3.63) is 0 Å². The van der Waals surface area contributed by atoms with Gasteiger partial charge in [-0.3, -0.25) is 0 Å². The fourth-order valence-electron chi connectivity index (χ4n) is 3.52. The molecule has 1 saturated heterocycles. The van der Waals surface area contributed by atoms with Gasteiger partial charge in [0.1, 0.15) is 11.2 Å². The molecule has 2 aliphatic rings. The average molecular weight is 312 g/mol. The minimum atomic E-state index is -1.000. The molecule has 0 spiro atoms. The zero-order valence-corrected chi connectivity index (χ0v) is 14.7. The van der Waals surface area contributed by atoms with Crippen molar-refractivity contribution in [1.29, 1.82) is 0 Å². The molecule has 1 heterocycles. The lowest BCUT2D eigenvalue weighted by Crippen LogP contribution is -2.64. The van der Waals surface area contributed by atoms with E-state index in [0.717, 1.165) is 25.7 Å². The molecule has 5 nitrogen and oxygen atoms in total. The van der Waals surface area contributed by atoms with Crippen molar-refractivity contribution >= 4 is 6.09 Å². The molecule has 2 fully saturated rings. The topological polar surface area (TPSA) is 75.8 Å². The zero-order chi connectivity index (χ0) is 16.8. The van der Waals surface area contributed by atoms with Gasteiger partial charge in [-0.05, 0) is 58.3 Å². The molecule has 22 heavy (non-hydrogen) atoms. The Labute approximate surface area is 134 Å². The molecular weight excluding hydrogens is 280 g/mol. The number of carbonyl (C=O) groups is 1. The Balaban J connectivity index is 2.03. The molecule has 2 rings (SSSR count). The maximum Gasteiger partial charge on any atom is 0.410 e. The lowest BCUT2D eigenvalue weighted by atomic mass is 9.63. The van der Waals surface area contributed by atoms with Crippen molar-refractivity contribution in [3.8, 4) is 0 Å². The highest BCUT2D eigenvalue weighted by atomic mass is 16.6. The first-order valence-electron chi connectivity index (χ1n) is 8.35. The van der Waals surface area contributed by atoms with Gasteiger partial charge in [0.2, 0.25) is 0 Å². The standard InChI is InChI=1S/C17H32N2O3/c1-14(2,3)22-13(20)19-11-10-17(21,12-19)16(18)8-6-15(4,5)7-9-16/h21H,6-12,18H2,1-5H3. The summed E-state index contributed by atoms with van der Waals surface area (Å²) in [6.45, 7) is 10.8. The smallest absolute Gasteiger partial charge is 0.410 e. The van der Waals surface area contributed by atoms with Crippen LogP contribution >= 0.6 is 0 Å². The van der Waals surface area contributed by atoms with Gasteiger partial charge in [0.25, 0.3) is 0 Å². The summed E-state index contributed by atoms with van der Waals surface area (Å²) in [4.78, 5) is 13.8. The first-order valence-corrected chi connectivity index (χ1v) is 8.35. The summed E-state index contributed by atoms with van der Waals surface area (Å²) >= 11 is 0. The quantitative estimate of drug-likeness (QED) is 0.780. The van der Waals surface area contributed by atoms with E-state index >= 15 is 0 Å². The predicted molar refractivity (Wildman–Crippen MR) is 86.5 cm³/mol. The highest BCUT2D eigenvalue weighted by Crippen LogP contribution is 2.46. The van der Waals surface area contributed by atoms with Gasteiger partial charge in [-0.15, -0.1) is 0 Å². The summed E-state index contributed by atoms with van der Waals surface area (Å²) < 4.78 is 5.40. The van der Waals surface area contributed by atoms with Crippen LogP contribution in [0, 0.1) is 5.41 Å². The molecule has 5 heteroatoms. The summed E-state index contributed by atoms with van der Waals surface area (Å²) in [7, 11) is 0. The van der Waals surface area contributed by atoms with Crippen LogP contribution in [0.3, 0.4) is 0 Å². The van der Waals surface area contributed by atoms with Crippen LogP contribution in [-0.4, -0.2) is 45.9 Å². The number of nitrogens with zero attached hydrogens (tertiary/aromatic N) is 1. The van der Waals surface area contributed by atoms with Crippen LogP contribution in [0.5, 0.6) is 0 Å². The van der Waals surface area contributed by atoms with Crippen molar-refractivity contribution in [3.63, 3.8) is 0 Å². The molecule has 1 aliphatic heterocycles. The van der Waals surface area contributed by atoms with Crippen LogP contribution < -0.4 is 5.73 Å². The van der Waals surface area contributed by atoms with Gasteiger partial charge in [0.15, 0.2) is 0 Å². The van der Waals surface area contributed by atoms with Gasteiger partial charge in [0, 0.05) is 12.1 Å². The molecule has 1 atom stereocenters. The van der Waals surface area contributed by atoms with Gasteiger partial charge in [-0.25, -0.2) is 4.79 Å². The fourth-order valence-corrected chi connectivity index (χ4v) is 3.52. The molecule has 0 aromatic rings. The third-order valence-electron chi connectivity index (χ3n) is 5.32. The minimum absolute atomic E-state index is 0.277. The number of likely N-dealkylation sites (tertiary alicyclic amines) is 1. The largest absolute Gasteiger partial charge is 0.444 e. The van der Waals surface area contributed by atoms with E-state index in [4.69, 9.17) is 10.5 Å². The number of hydrogen-bond donors (Lipinski definition) is 2. The van der Waals surface area contributed by atoms with Crippen LogP contribution in [0.1, 0.15) is 66.7 Å². The number of nitrogens with two attached hydrogens (primary N) is 1. The van der Waals surface area contributed by atoms with Crippen LogP contribution in [0.15, 0.2) is 0 Å². The molecule has 1 aliphatic carbocycles. The number of carbonyl (C=O) groups excluding carboxylic acids is 1. The van der Waals surface area contributed by atoms with Crippen LogP contribution in [0.2, 0.25) is 0 Å². The fraction of sp³-hybridized carbons (Fsp3) is 0.941. The van der Waals surface area contributed by atoms with Gasteiger partial charge in [-0.2, -0.15) is 0 Å². The van der Waals surface area contributed by atoms with E-state index in [9.17, 15) is 9.90 Å². The lowest BCUT2D eigenvalue weighted by molar-refractivity contribution is -0.0567. The second-order valence-electron chi connectivity index (χ2n) is 9.00. The van der Waals surface area contributed by atoms with Crippen LogP contribution in [0.4, 0.5) is 4.79 Å². The number of β-amino-alcohol motifs (C(OH)–C–C–N with tert-alkyl or cyclic N) is 1. The second kappa shape index (κ2) is 5.38. The summed E-state index contributed by atoms with van der Waals surface area (Å²) in [6.07, 6.45) is 3.81. The molecule has 0 aromatic heterocycles. The molecule has 3 N–H and O–H groups in total. The number of aliphatic hydroxyl groups is 1. The predicted octanol–water partition coefficient (Wildman–Crippen LogP) is 2.66. The molecule has 1 saturated carbocycles. The van der Waals surface area contributed by atoms with E-state index in [1.807, 2.05) is 20.8 Å². The zero-order valence-electron chi connectivity index (χ0n) is 14.7. The third-order valence-corrected chi connectivity index (χ3v) is 5.32. The maximum atomic E-state index is 12.2. The Bertz CT molecular complexity index is 432. The van der Waals surface area contributed by atoms with Crippen molar-refractivity contribution in [2.24, 2.45) is 11.1 Å². The lowest BCUT2D eigenvalue weighted by Gasteiger charge is -2.48. The second-order valence-corrected chi connectivity index (χ2v) is 9.00. The summed E-state index contributed by atoms with van der Waals surface area (Å²) in [6, 6.07) is 0. The molecule has 0 radical (unpaired) electrons. The van der Waals surface area contributed by atoms with E-state index in [1.54, 1.807) is 4.90 Å². The van der Waals surface area contributed by atoms with Crippen LogP contribution in [-0.2, 0) is 4.74 Å². The van der Waals surface area contributed by atoms with Crippen molar-refractivity contribution < 1.29 is 14.6 Å². The van der Waals surface area contributed by atoms with Crippen molar-refractivity contribution in [2.75, 3.05) is 13.1 Å². The van der Waals surface area contributed by atoms with E-state index in [1.165, 1.54) is 0 Å². The van der Waals surface area contributed by atoms with Gasteiger partial charge in [-0.1, -0.05) is 13.8 Å². The van der Waals surface area contributed by atoms with E-state index in [0.29, 0.717) is 18.4 Å². The Hall–Kier alpha value is -0.810. The summed E-state index contributed by atoms with van der Waals surface area (Å²) in [5.41, 5.74) is 4.76. The molecule has 0 aromatic carbocycles. The van der Waals surface area contributed by atoms with Crippen LogP contribution in [0.25, 0.3) is 0 Å². The van der Waals surface area contributed by atoms with E-state index in [-0.39, 0.29) is 12.6 Å². The first-order chi connectivity index (χ1) is 9.86. The Morgan fingerprint density at radius 2 is 1.68 bits per heavy atom. The first kappa shape index (κ1) is 17.5. The van der Waals surface area contributed by atoms with Gasteiger partial charge < -0.3 is 20.5 Å². The number of rotatable bonds is 1. The average Bonchev–Trinajstić information content (AvgIpc) is 2.76. The number of hydrogen-bond acceptors (Lipinski definition) is 4. The van der Waals surface area contributed by atoms with Crippen molar-refractivity contribution in [1.82, 2.24) is 4.90 Å². The highest BCUT2D eigenvalue weighted by Gasteiger charge is 2.54. The number of amides is 1. The van der Waals surface area contributed by atoms with E-state index in [2.05, 4.69) is 13.8 Å². The third kappa shape index (κ3) is 3.57. The Morgan fingerprint density at radius 1 is 1.14 bits per heavy atom. The summed E-state index contributed by atoms with van der Waals surface area (Å²) in [5, 5.41) is 11.1. The molecule has 1 unspecified atom stereocenters. The SMILES string of the molecule is CC1(C)CCC(N)(C2(O)CCN(C(=O)OC(C)(C)C)C2)CC1. The molecule has 0 bridgehead atoms.